The average molecular weight is 260 g/mol. The lowest BCUT2D eigenvalue weighted by molar-refractivity contribution is 0.627. The summed E-state index contributed by atoms with van der Waals surface area (Å²) >= 11 is 0. The fourth-order valence-corrected chi connectivity index (χ4v) is 1.68. The Morgan fingerprint density at radius 3 is 2.95 bits per heavy atom. The molecule has 0 aromatic carbocycles. The summed E-state index contributed by atoms with van der Waals surface area (Å²) in [4.78, 5) is 27.0. The molecule has 2 N–H and O–H groups in total. The minimum atomic E-state index is -0.294. The van der Waals surface area contributed by atoms with Crippen molar-refractivity contribution in [1.82, 2.24) is 14.8 Å². The van der Waals surface area contributed by atoms with Gasteiger partial charge in [-0.15, -0.1) is 0 Å². The van der Waals surface area contributed by atoms with Crippen LogP contribution in [0.2, 0.25) is 0 Å². The Bertz CT molecular complexity index is 660. The topological polar surface area (TPSA) is 79.8 Å². The lowest BCUT2D eigenvalue weighted by Gasteiger charge is -2.07. The Morgan fingerprint density at radius 2 is 2.16 bits per heavy atom. The zero-order valence-electron chi connectivity index (χ0n) is 10.7. The predicted octanol–water partition coefficient (Wildman–Crippen LogP) is 0.802. The monoisotopic (exact) mass is 260 g/mol. The molecular formula is C13H16N4O2. The maximum atomic E-state index is 11.6. The third-order valence-electron chi connectivity index (χ3n) is 2.61. The van der Waals surface area contributed by atoms with Gasteiger partial charge in [-0.25, -0.2) is 9.67 Å². The molecule has 2 aromatic heterocycles. The normalized spacial score (nSPS) is 10.4. The highest BCUT2D eigenvalue weighted by Gasteiger charge is 2.00. The van der Waals surface area contributed by atoms with Gasteiger partial charge < -0.3 is 5.32 Å². The Kier molecular flexibility index (Phi) is 4.12. The smallest absolute Gasteiger partial charge is 0.265 e. The Morgan fingerprint density at radius 1 is 1.32 bits per heavy atom. The molecule has 0 saturated heterocycles. The molecule has 0 aliphatic carbocycles. The quantitative estimate of drug-likeness (QED) is 0.833. The summed E-state index contributed by atoms with van der Waals surface area (Å²) in [6.07, 6.45) is 2.69. The number of rotatable bonds is 5. The lowest BCUT2D eigenvalue weighted by atomic mass is 10.2. The van der Waals surface area contributed by atoms with E-state index < -0.39 is 0 Å². The van der Waals surface area contributed by atoms with Crippen molar-refractivity contribution in [2.24, 2.45) is 0 Å². The molecule has 0 saturated carbocycles. The van der Waals surface area contributed by atoms with E-state index >= 15 is 0 Å². The molecule has 0 radical (unpaired) electrons. The van der Waals surface area contributed by atoms with Crippen molar-refractivity contribution in [3.05, 3.63) is 56.7 Å². The average Bonchev–Trinajstić information content (AvgIpc) is 2.41. The number of hydrogen-bond acceptors (Lipinski definition) is 4. The first kappa shape index (κ1) is 13.1. The predicted molar refractivity (Wildman–Crippen MR) is 73.4 cm³/mol. The fraction of sp³-hybridized carbons (Fsp3) is 0.308. The van der Waals surface area contributed by atoms with Crippen LogP contribution in [0, 0.1) is 0 Å². The van der Waals surface area contributed by atoms with Crippen LogP contribution in [0.1, 0.15) is 18.9 Å². The van der Waals surface area contributed by atoms with Gasteiger partial charge in [0.25, 0.3) is 11.1 Å². The van der Waals surface area contributed by atoms with Crippen molar-refractivity contribution in [2.75, 3.05) is 11.9 Å². The van der Waals surface area contributed by atoms with Gasteiger partial charge in [-0.1, -0.05) is 6.92 Å². The van der Waals surface area contributed by atoms with E-state index in [4.69, 9.17) is 0 Å². The third kappa shape index (κ3) is 3.54. The molecule has 0 spiro atoms. The van der Waals surface area contributed by atoms with Crippen LogP contribution < -0.4 is 16.4 Å². The summed E-state index contributed by atoms with van der Waals surface area (Å²) in [5.41, 5.74) is 0.370. The lowest BCUT2D eigenvalue weighted by Crippen LogP contribution is -2.28. The molecule has 100 valence electrons. The van der Waals surface area contributed by atoms with Crippen molar-refractivity contribution in [3.63, 3.8) is 0 Å². The van der Waals surface area contributed by atoms with E-state index in [1.807, 2.05) is 12.1 Å². The molecule has 2 heterocycles. The summed E-state index contributed by atoms with van der Waals surface area (Å²) in [6.45, 7) is 3.24. The van der Waals surface area contributed by atoms with E-state index in [0.717, 1.165) is 24.3 Å². The molecule has 0 unspecified atom stereocenters. The van der Waals surface area contributed by atoms with Crippen LogP contribution in [-0.4, -0.2) is 21.3 Å². The largest absolute Gasteiger partial charge is 0.370 e. The van der Waals surface area contributed by atoms with Crippen LogP contribution in [0.3, 0.4) is 0 Å². The fourth-order valence-electron chi connectivity index (χ4n) is 1.68. The Balaban J connectivity index is 2.21. The molecule has 2 aromatic rings. The first-order valence-electron chi connectivity index (χ1n) is 6.18. The van der Waals surface area contributed by atoms with E-state index in [1.54, 1.807) is 6.20 Å². The standard InChI is InChI=1S/C13H16N4O2/c1-2-6-14-11-8-10(5-7-15-11)9-17-13(19)4-3-12(18)16-17/h3-5,7-8H,2,6,9H2,1H3,(H,14,15)(H,16,18). The van der Waals surface area contributed by atoms with E-state index in [2.05, 4.69) is 22.3 Å². The van der Waals surface area contributed by atoms with Crippen molar-refractivity contribution in [3.8, 4) is 0 Å². The van der Waals surface area contributed by atoms with E-state index in [1.165, 1.54) is 16.8 Å². The van der Waals surface area contributed by atoms with Gasteiger partial charge in [-0.05, 0) is 24.1 Å². The highest BCUT2D eigenvalue weighted by Crippen LogP contribution is 2.07. The molecule has 0 amide bonds. The molecule has 6 nitrogen and oxygen atoms in total. The van der Waals surface area contributed by atoms with Gasteiger partial charge in [0, 0.05) is 24.9 Å². The molecule has 0 aliphatic heterocycles. The number of nitrogens with zero attached hydrogens (tertiary/aromatic N) is 2. The highest BCUT2D eigenvalue weighted by molar-refractivity contribution is 5.37. The van der Waals surface area contributed by atoms with Gasteiger partial charge in [0.15, 0.2) is 0 Å². The molecule has 6 heteroatoms. The first-order valence-corrected chi connectivity index (χ1v) is 6.18. The van der Waals surface area contributed by atoms with Crippen LogP contribution in [0.15, 0.2) is 40.1 Å². The van der Waals surface area contributed by atoms with Gasteiger partial charge >= 0.3 is 0 Å². The third-order valence-corrected chi connectivity index (χ3v) is 2.61. The maximum absolute atomic E-state index is 11.6. The Hall–Kier alpha value is -2.37. The second-order valence-electron chi connectivity index (χ2n) is 4.21. The second kappa shape index (κ2) is 5.99. The molecule has 0 aliphatic rings. The summed E-state index contributed by atoms with van der Waals surface area (Å²) < 4.78 is 1.28. The molecule has 2 rings (SSSR count). The number of nitrogens with one attached hydrogen (secondary N) is 2. The number of hydrogen-bond donors (Lipinski definition) is 2. The second-order valence-corrected chi connectivity index (χ2v) is 4.21. The molecule has 0 atom stereocenters. The minimum Gasteiger partial charge on any atom is -0.370 e. The first-order chi connectivity index (χ1) is 9.19. The van der Waals surface area contributed by atoms with Gasteiger partial charge in [-0.2, -0.15) is 0 Å². The number of anilines is 1. The number of H-pyrrole nitrogens is 1. The zero-order chi connectivity index (χ0) is 13.7. The zero-order valence-corrected chi connectivity index (χ0v) is 10.7. The molecule has 19 heavy (non-hydrogen) atoms. The van der Waals surface area contributed by atoms with Crippen molar-refractivity contribution in [2.45, 2.75) is 19.9 Å². The van der Waals surface area contributed by atoms with Gasteiger partial charge in [0.1, 0.15) is 5.82 Å². The molecule has 0 bridgehead atoms. The highest BCUT2D eigenvalue weighted by atomic mass is 16.1. The van der Waals surface area contributed by atoms with Crippen LogP contribution in [0.25, 0.3) is 0 Å². The van der Waals surface area contributed by atoms with Crippen molar-refractivity contribution < 1.29 is 0 Å². The minimum absolute atomic E-state index is 0.237. The van der Waals surface area contributed by atoms with E-state index in [-0.39, 0.29) is 11.1 Å². The van der Waals surface area contributed by atoms with Crippen molar-refractivity contribution in [1.29, 1.82) is 0 Å². The number of aromatic amines is 1. The van der Waals surface area contributed by atoms with Gasteiger partial charge in [0.05, 0.1) is 6.54 Å². The van der Waals surface area contributed by atoms with Gasteiger partial charge in [0.2, 0.25) is 0 Å². The maximum Gasteiger partial charge on any atom is 0.265 e. The van der Waals surface area contributed by atoms with Gasteiger partial charge in [-0.3, -0.25) is 14.7 Å². The van der Waals surface area contributed by atoms with Crippen LogP contribution >= 0.6 is 0 Å². The number of aromatic nitrogens is 3. The molecular weight excluding hydrogens is 244 g/mol. The van der Waals surface area contributed by atoms with Crippen LogP contribution in [0.4, 0.5) is 5.82 Å². The summed E-state index contributed by atoms with van der Waals surface area (Å²) in [5.74, 6) is 0.769. The van der Waals surface area contributed by atoms with E-state index in [0.29, 0.717) is 6.54 Å². The molecule has 0 fully saturated rings. The van der Waals surface area contributed by atoms with Crippen molar-refractivity contribution >= 4 is 5.82 Å². The number of pyridine rings is 1. The van der Waals surface area contributed by atoms with E-state index in [9.17, 15) is 9.59 Å². The summed E-state index contributed by atoms with van der Waals surface area (Å²) in [6, 6.07) is 6.16. The Labute approximate surface area is 110 Å². The van der Waals surface area contributed by atoms with Crippen LogP contribution in [-0.2, 0) is 6.54 Å². The SMILES string of the molecule is CCCNc1cc(Cn2[nH]c(=O)ccc2=O)ccn1. The summed E-state index contributed by atoms with van der Waals surface area (Å²) in [7, 11) is 0. The summed E-state index contributed by atoms with van der Waals surface area (Å²) in [5, 5.41) is 5.67. The van der Waals surface area contributed by atoms with Crippen LogP contribution in [0.5, 0.6) is 0 Å².